The summed E-state index contributed by atoms with van der Waals surface area (Å²) in [6, 6.07) is 5.18. The maximum absolute atomic E-state index is 11.1. The fourth-order valence-corrected chi connectivity index (χ4v) is 3.45. The highest BCUT2D eigenvalue weighted by molar-refractivity contribution is 5.92. The minimum absolute atomic E-state index is 0.335. The predicted molar refractivity (Wildman–Crippen MR) is 82.6 cm³/mol. The Morgan fingerprint density at radius 2 is 2.10 bits per heavy atom. The molecule has 0 atom stereocenters. The third-order valence-corrected chi connectivity index (χ3v) is 4.67. The lowest BCUT2D eigenvalue weighted by atomic mass is 9.87. The van der Waals surface area contributed by atoms with Gasteiger partial charge < -0.3 is 9.67 Å². The Balaban J connectivity index is 1.84. The average Bonchev–Trinajstić information content (AvgIpc) is 2.80. The second kappa shape index (κ2) is 5.88. The van der Waals surface area contributed by atoms with Crippen molar-refractivity contribution in [3.63, 3.8) is 0 Å². The van der Waals surface area contributed by atoms with Crippen molar-refractivity contribution >= 4 is 17.0 Å². The lowest BCUT2D eigenvalue weighted by molar-refractivity contribution is 0.0697. The number of nitrogens with zero attached hydrogens (tertiary/aromatic N) is 2. The number of carbonyl (C=O) groups is 1. The van der Waals surface area contributed by atoms with Gasteiger partial charge in [0.15, 0.2) is 0 Å². The molecule has 1 heterocycles. The number of carboxylic acid groups (broad SMARTS) is 1. The summed E-state index contributed by atoms with van der Waals surface area (Å²) < 4.78 is 2.18. The maximum Gasteiger partial charge on any atom is 0.335 e. The molecule has 1 aromatic heterocycles. The van der Waals surface area contributed by atoms with Crippen LogP contribution < -0.4 is 0 Å². The molecule has 112 valence electrons. The molecule has 21 heavy (non-hydrogen) atoms. The molecule has 0 saturated heterocycles. The molecule has 4 heteroatoms. The standard InChI is InChI=1S/C17H22N2O2/c1-12-18-15-8-7-14(17(20)21)11-16(15)19(12)10-9-13-5-3-2-4-6-13/h7-8,11,13H,2-6,9-10H2,1H3,(H,20,21). The van der Waals surface area contributed by atoms with Gasteiger partial charge in [0.05, 0.1) is 16.6 Å². The Hall–Kier alpha value is -1.84. The quantitative estimate of drug-likeness (QED) is 0.923. The minimum Gasteiger partial charge on any atom is -0.478 e. The summed E-state index contributed by atoms with van der Waals surface area (Å²) >= 11 is 0. The first-order valence-electron chi connectivity index (χ1n) is 7.85. The van der Waals surface area contributed by atoms with Gasteiger partial charge in [0.1, 0.15) is 5.82 Å². The Morgan fingerprint density at radius 3 is 2.81 bits per heavy atom. The molecule has 1 aromatic carbocycles. The van der Waals surface area contributed by atoms with Gasteiger partial charge in [-0.25, -0.2) is 9.78 Å². The van der Waals surface area contributed by atoms with E-state index in [0.29, 0.717) is 5.56 Å². The van der Waals surface area contributed by atoms with E-state index in [-0.39, 0.29) is 0 Å². The van der Waals surface area contributed by atoms with Crippen molar-refractivity contribution in [3.05, 3.63) is 29.6 Å². The van der Waals surface area contributed by atoms with E-state index in [9.17, 15) is 4.79 Å². The minimum atomic E-state index is -0.880. The van der Waals surface area contributed by atoms with E-state index in [1.165, 1.54) is 38.5 Å². The Bertz CT molecular complexity index is 654. The monoisotopic (exact) mass is 286 g/mol. The molecule has 0 spiro atoms. The summed E-state index contributed by atoms with van der Waals surface area (Å²) in [6.45, 7) is 2.94. The third-order valence-electron chi connectivity index (χ3n) is 4.67. The van der Waals surface area contributed by atoms with Crippen LogP contribution in [0.2, 0.25) is 0 Å². The number of imidazole rings is 1. The van der Waals surface area contributed by atoms with Crippen LogP contribution in [0.15, 0.2) is 18.2 Å². The molecule has 3 rings (SSSR count). The van der Waals surface area contributed by atoms with E-state index in [0.717, 1.165) is 29.3 Å². The van der Waals surface area contributed by atoms with Crippen molar-refractivity contribution in [2.45, 2.75) is 52.0 Å². The molecular formula is C17H22N2O2. The summed E-state index contributed by atoms with van der Waals surface area (Å²) in [7, 11) is 0. The number of rotatable bonds is 4. The summed E-state index contributed by atoms with van der Waals surface area (Å²) in [6.07, 6.45) is 7.95. The summed E-state index contributed by atoms with van der Waals surface area (Å²) in [4.78, 5) is 15.7. The van der Waals surface area contributed by atoms with Gasteiger partial charge in [0.25, 0.3) is 0 Å². The molecule has 2 aromatic rings. The fraction of sp³-hybridized carbons (Fsp3) is 0.529. The topological polar surface area (TPSA) is 55.1 Å². The van der Waals surface area contributed by atoms with Crippen LogP contribution in [0, 0.1) is 12.8 Å². The van der Waals surface area contributed by atoms with Crippen LogP contribution in [-0.2, 0) is 6.54 Å². The zero-order valence-corrected chi connectivity index (χ0v) is 12.5. The SMILES string of the molecule is Cc1nc2ccc(C(=O)O)cc2n1CCC1CCCCC1. The average molecular weight is 286 g/mol. The van der Waals surface area contributed by atoms with Gasteiger partial charge in [0, 0.05) is 6.54 Å². The van der Waals surface area contributed by atoms with E-state index in [4.69, 9.17) is 5.11 Å². The van der Waals surface area contributed by atoms with E-state index >= 15 is 0 Å². The summed E-state index contributed by atoms with van der Waals surface area (Å²) in [5, 5.41) is 9.15. The number of aryl methyl sites for hydroxylation is 2. The molecule has 1 N–H and O–H groups in total. The smallest absolute Gasteiger partial charge is 0.335 e. The highest BCUT2D eigenvalue weighted by atomic mass is 16.4. The second-order valence-electron chi connectivity index (χ2n) is 6.11. The molecule has 0 aliphatic heterocycles. The zero-order valence-electron chi connectivity index (χ0n) is 12.5. The van der Waals surface area contributed by atoms with Gasteiger partial charge in [0.2, 0.25) is 0 Å². The molecule has 1 saturated carbocycles. The van der Waals surface area contributed by atoms with Crippen molar-refractivity contribution in [3.8, 4) is 0 Å². The van der Waals surface area contributed by atoms with Gasteiger partial charge in [-0.05, 0) is 37.5 Å². The van der Waals surface area contributed by atoms with Gasteiger partial charge >= 0.3 is 5.97 Å². The number of aromatic carboxylic acids is 1. The van der Waals surface area contributed by atoms with Crippen LogP contribution in [-0.4, -0.2) is 20.6 Å². The predicted octanol–water partition coefficient (Wildman–Crippen LogP) is 4.01. The molecular weight excluding hydrogens is 264 g/mol. The highest BCUT2D eigenvalue weighted by Crippen LogP contribution is 2.28. The van der Waals surface area contributed by atoms with Crippen LogP contribution in [0.1, 0.15) is 54.7 Å². The Kier molecular flexibility index (Phi) is 3.95. The van der Waals surface area contributed by atoms with E-state index < -0.39 is 5.97 Å². The number of hydrogen-bond donors (Lipinski definition) is 1. The van der Waals surface area contributed by atoms with Crippen molar-refractivity contribution in [1.82, 2.24) is 9.55 Å². The van der Waals surface area contributed by atoms with Crippen molar-refractivity contribution < 1.29 is 9.90 Å². The first kappa shape index (κ1) is 14.1. The maximum atomic E-state index is 11.1. The van der Waals surface area contributed by atoms with Crippen LogP contribution >= 0.6 is 0 Å². The molecule has 1 fully saturated rings. The normalized spacial score (nSPS) is 16.4. The summed E-state index contributed by atoms with van der Waals surface area (Å²) in [5.74, 6) is 0.913. The van der Waals surface area contributed by atoms with Crippen LogP contribution in [0.3, 0.4) is 0 Å². The van der Waals surface area contributed by atoms with E-state index in [1.807, 2.05) is 13.0 Å². The molecule has 0 radical (unpaired) electrons. The van der Waals surface area contributed by atoms with E-state index in [2.05, 4.69) is 9.55 Å². The lowest BCUT2D eigenvalue weighted by Crippen LogP contribution is -2.11. The lowest BCUT2D eigenvalue weighted by Gasteiger charge is -2.22. The number of carboxylic acids is 1. The fourth-order valence-electron chi connectivity index (χ4n) is 3.45. The van der Waals surface area contributed by atoms with Crippen molar-refractivity contribution in [1.29, 1.82) is 0 Å². The molecule has 0 bridgehead atoms. The Labute approximate surface area is 124 Å². The molecule has 0 amide bonds. The van der Waals surface area contributed by atoms with Crippen molar-refractivity contribution in [2.24, 2.45) is 5.92 Å². The van der Waals surface area contributed by atoms with Gasteiger partial charge in [-0.15, -0.1) is 0 Å². The van der Waals surface area contributed by atoms with Gasteiger partial charge in [-0.3, -0.25) is 0 Å². The number of aromatic nitrogens is 2. The van der Waals surface area contributed by atoms with Crippen molar-refractivity contribution in [2.75, 3.05) is 0 Å². The Morgan fingerprint density at radius 1 is 1.33 bits per heavy atom. The van der Waals surface area contributed by atoms with E-state index in [1.54, 1.807) is 12.1 Å². The van der Waals surface area contributed by atoms with Crippen LogP contribution in [0.4, 0.5) is 0 Å². The number of benzene rings is 1. The van der Waals surface area contributed by atoms with Crippen LogP contribution in [0.5, 0.6) is 0 Å². The molecule has 1 aliphatic rings. The van der Waals surface area contributed by atoms with Gasteiger partial charge in [-0.1, -0.05) is 32.1 Å². The third kappa shape index (κ3) is 2.94. The number of hydrogen-bond acceptors (Lipinski definition) is 2. The molecule has 4 nitrogen and oxygen atoms in total. The summed E-state index contributed by atoms with van der Waals surface area (Å²) in [5.41, 5.74) is 2.17. The largest absolute Gasteiger partial charge is 0.478 e. The molecule has 1 aliphatic carbocycles. The van der Waals surface area contributed by atoms with Crippen LogP contribution in [0.25, 0.3) is 11.0 Å². The first-order valence-corrected chi connectivity index (χ1v) is 7.85. The number of fused-ring (bicyclic) bond motifs is 1. The molecule has 0 unspecified atom stereocenters. The highest BCUT2D eigenvalue weighted by Gasteiger charge is 2.15. The van der Waals surface area contributed by atoms with Gasteiger partial charge in [-0.2, -0.15) is 0 Å². The second-order valence-corrected chi connectivity index (χ2v) is 6.11. The zero-order chi connectivity index (χ0) is 14.8. The first-order chi connectivity index (χ1) is 10.1.